The molecule has 3 heteroatoms. The lowest BCUT2D eigenvalue weighted by atomic mass is 9.85. The second kappa shape index (κ2) is 10.3. The molecule has 0 radical (unpaired) electrons. The van der Waals surface area contributed by atoms with Crippen molar-refractivity contribution in [3.8, 4) is 0 Å². The molecule has 1 aliphatic heterocycles. The SMILES string of the molecule is CCOC1C(=CCCC2CCCCC2)C(NC2CCCCC2)=CN=C1C. The van der Waals surface area contributed by atoms with E-state index in [4.69, 9.17) is 4.74 Å². The van der Waals surface area contributed by atoms with E-state index in [9.17, 15) is 0 Å². The van der Waals surface area contributed by atoms with Gasteiger partial charge in [-0.1, -0.05) is 57.4 Å². The molecular formula is C23H38N2O. The number of ether oxygens (including phenoxy) is 1. The second-order valence-electron chi connectivity index (χ2n) is 8.37. The molecule has 26 heavy (non-hydrogen) atoms. The number of nitrogens with one attached hydrogen (secondary N) is 1. The van der Waals surface area contributed by atoms with E-state index in [0.29, 0.717) is 6.04 Å². The summed E-state index contributed by atoms with van der Waals surface area (Å²) in [6, 6.07) is 0.604. The van der Waals surface area contributed by atoms with Crippen LogP contribution in [0.3, 0.4) is 0 Å². The van der Waals surface area contributed by atoms with Crippen molar-refractivity contribution in [2.24, 2.45) is 10.9 Å². The summed E-state index contributed by atoms with van der Waals surface area (Å²) in [4.78, 5) is 4.65. The van der Waals surface area contributed by atoms with Gasteiger partial charge in [-0.15, -0.1) is 0 Å². The molecule has 2 saturated carbocycles. The maximum Gasteiger partial charge on any atom is 0.122 e. The average molecular weight is 359 g/mol. The first-order chi connectivity index (χ1) is 12.8. The van der Waals surface area contributed by atoms with Crippen molar-refractivity contribution in [2.45, 2.75) is 103 Å². The Balaban J connectivity index is 1.67. The highest BCUT2D eigenvalue weighted by Crippen LogP contribution is 2.30. The molecule has 1 heterocycles. The zero-order valence-corrected chi connectivity index (χ0v) is 16.9. The summed E-state index contributed by atoms with van der Waals surface area (Å²) in [5.41, 5.74) is 3.63. The van der Waals surface area contributed by atoms with Gasteiger partial charge >= 0.3 is 0 Å². The third-order valence-corrected chi connectivity index (χ3v) is 6.33. The van der Waals surface area contributed by atoms with Gasteiger partial charge in [0.25, 0.3) is 0 Å². The third-order valence-electron chi connectivity index (χ3n) is 6.33. The first-order valence-electron chi connectivity index (χ1n) is 11.1. The van der Waals surface area contributed by atoms with Crippen molar-refractivity contribution in [2.75, 3.05) is 6.61 Å². The summed E-state index contributed by atoms with van der Waals surface area (Å²) in [5.74, 6) is 0.934. The Morgan fingerprint density at radius 2 is 1.77 bits per heavy atom. The number of nitrogens with zero attached hydrogens (tertiary/aromatic N) is 1. The van der Waals surface area contributed by atoms with E-state index in [1.807, 2.05) is 6.20 Å². The number of allylic oxidation sites excluding steroid dienone is 1. The lowest BCUT2D eigenvalue weighted by Crippen LogP contribution is -2.37. The number of hydrogen-bond donors (Lipinski definition) is 1. The molecule has 0 aromatic heterocycles. The molecule has 1 atom stereocenters. The lowest BCUT2D eigenvalue weighted by molar-refractivity contribution is 0.131. The van der Waals surface area contributed by atoms with Gasteiger partial charge in [0, 0.05) is 23.9 Å². The van der Waals surface area contributed by atoms with Gasteiger partial charge < -0.3 is 10.1 Å². The number of hydrogen-bond acceptors (Lipinski definition) is 3. The molecule has 0 amide bonds. The topological polar surface area (TPSA) is 33.6 Å². The van der Waals surface area contributed by atoms with Crippen LogP contribution in [-0.4, -0.2) is 24.5 Å². The molecule has 0 spiro atoms. The highest BCUT2D eigenvalue weighted by molar-refractivity contribution is 5.92. The molecule has 1 N–H and O–H groups in total. The third kappa shape index (κ3) is 5.45. The molecule has 2 fully saturated rings. The van der Waals surface area contributed by atoms with Gasteiger partial charge in [0.1, 0.15) is 6.10 Å². The first-order valence-corrected chi connectivity index (χ1v) is 11.1. The van der Waals surface area contributed by atoms with Crippen molar-refractivity contribution in [1.29, 1.82) is 0 Å². The molecule has 0 saturated heterocycles. The van der Waals surface area contributed by atoms with E-state index >= 15 is 0 Å². The summed E-state index contributed by atoms with van der Waals surface area (Å²) in [7, 11) is 0. The summed E-state index contributed by atoms with van der Waals surface area (Å²) in [5, 5.41) is 3.81. The van der Waals surface area contributed by atoms with Crippen molar-refractivity contribution in [3.63, 3.8) is 0 Å². The summed E-state index contributed by atoms with van der Waals surface area (Å²) in [6.45, 7) is 4.91. The summed E-state index contributed by atoms with van der Waals surface area (Å²) < 4.78 is 6.09. The minimum absolute atomic E-state index is 0.0300. The maximum absolute atomic E-state index is 6.09. The molecule has 3 aliphatic rings. The van der Waals surface area contributed by atoms with Crippen LogP contribution in [0.1, 0.15) is 90.9 Å². The molecule has 0 bridgehead atoms. The van der Waals surface area contributed by atoms with Crippen LogP contribution in [0.15, 0.2) is 28.5 Å². The first kappa shape index (κ1) is 19.7. The van der Waals surface area contributed by atoms with Crippen molar-refractivity contribution < 1.29 is 4.74 Å². The molecule has 3 rings (SSSR count). The Kier molecular flexibility index (Phi) is 7.79. The maximum atomic E-state index is 6.09. The molecule has 2 aliphatic carbocycles. The molecular weight excluding hydrogens is 320 g/mol. The van der Waals surface area contributed by atoms with Crippen LogP contribution in [0.2, 0.25) is 0 Å². The molecule has 0 aromatic rings. The van der Waals surface area contributed by atoms with E-state index in [1.165, 1.54) is 88.3 Å². The fourth-order valence-corrected chi connectivity index (χ4v) is 4.81. The van der Waals surface area contributed by atoms with Crippen LogP contribution in [-0.2, 0) is 4.74 Å². The summed E-state index contributed by atoms with van der Waals surface area (Å²) >= 11 is 0. The van der Waals surface area contributed by atoms with E-state index in [0.717, 1.165) is 18.2 Å². The Morgan fingerprint density at radius 1 is 1.08 bits per heavy atom. The minimum Gasteiger partial charge on any atom is -0.381 e. The number of aliphatic imine (C=N–C) groups is 1. The highest BCUT2D eigenvalue weighted by Gasteiger charge is 2.26. The second-order valence-corrected chi connectivity index (χ2v) is 8.37. The van der Waals surface area contributed by atoms with Crippen LogP contribution < -0.4 is 5.32 Å². The van der Waals surface area contributed by atoms with E-state index < -0.39 is 0 Å². The predicted octanol–water partition coefficient (Wildman–Crippen LogP) is 5.92. The van der Waals surface area contributed by atoms with E-state index in [1.54, 1.807) is 0 Å². The van der Waals surface area contributed by atoms with Gasteiger partial charge in [0.05, 0.1) is 11.9 Å². The molecule has 0 aromatic carbocycles. The number of rotatable bonds is 7. The predicted molar refractivity (Wildman–Crippen MR) is 111 cm³/mol. The van der Waals surface area contributed by atoms with Gasteiger partial charge in [-0.05, 0) is 45.4 Å². The zero-order valence-electron chi connectivity index (χ0n) is 16.9. The normalized spacial score (nSPS) is 27.3. The van der Waals surface area contributed by atoms with E-state index in [2.05, 4.69) is 30.2 Å². The molecule has 3 nitrogen and oxygen atoms in total. The van der Waals surface area contributed by atoms with Gasteiger partial charge in [-0.2, -0.15) is 0 Å². The highest BCUT2D eigenvalue weighted by atomic mass is 16.5. The summed E-state index contributed by atoms with van der Waals surface area (Å²) in [6.07, 6.45) is 20.9. The Hall–Kier alpha value is -1.09. The Labute approximate surface area is 160 Å². The van der Waals surface area contributed by atoms with Crippen molar-refractivity contribution in [1.82, 2.24) is 5.32 Å². The minimum atomic E-state index is 0.0300. The standard InChI is InChI=1S/C23H38N2O/c1-3-26-23-18(2)24-17-22(25-20-14-8-5-9-15-20)21(23)16-10-13-19-11-6-4-7-12-19/h16-17,19-20,23,25H,3-15H2,1-2H3. The van der Waals surface area contributed by atoms with Gasteiger partial charge in [-0.3, -0.25) is 4.99 Å². The van der Waals surface area contributed by atoms with Crippen LogP contribution in [0, 0.1) is 5.92 Å². The fraction of sp³-hybridized carbons (Fsp3) is 0.783. The largest absolute Gasteiger partial charge is 0.381 e. The van der Waals surface area contributed by atoms with Crippen LogP contribution in [0.5, 0.6) is 0 Å². The van der Waals surface area contributed by atoms with Gasteiger partial charge in [-0.25, -0.2) is 0 Å². The van der Waals surface area contributed by atoms with Crippen LogP contribution in [0.4, 0.5) is 0 Å². The van der Waals surface area contributed by atoms with Crippen molar-refractivity contribution >= 4 is 5.71 Å². The van der Waals surface area contributed by atoms with Crippen LogP contribution >= 0.6 is 0 Å². The quantitative estimate of drug-likeness (QED) is 0.613. The molecule has 1 unspecified atom stereocenters. The zero-order chi connectivity index (χ0) is 18.2. The fourth-order valence-electron chi connectivity index (χ4n) is 4.81. The van der Waals surface area contributed by atoms with Gasteiger partial charge in [0.2, 0.25) is 0 Å². The Bertz CT molecular complexity index is 522. The van der Waals surface area contributed by atoms with Gasteiger partial charge in [0.15, 0.2) is 0 Å². The van der Waals surface area contributed by atoms with Crippen LogP contribution in [0.25, 0.3) is 0 Å². The monoisotopic (exact) mass is 358 g/mol. The molecule has 146 valence electrons. The lowest BCUT2D eigenvalue weighted by Gasteiger charge is -2.31. The smallest absolute Gasteiger partial charge is 0.122 e. The van der Waals surface area contributed by atoms with E-state index in [-0.39, 0.29) is 6.10 Å². The van der Waals surface area contributed by atoms with Crippen molar-refractivity contribution in [3.05, 3.63) is 23.5 Å². The average Bonchev–Trinajstić information content (AvgIpc) is 2.68. The Morgan fingerprint density at radius 3 is 2.46 bits per heavy atom.